The van der Waals surface area contributed by atoms with Gasteiger partial charge in [0.25, 0.3) is 0 Å². The van der Waals surface area contributed by atoms with Crippen LogP contribution in [-0.4, -0.2) is 5.78 Å². The van der Waals surface area contributed by atoms with Gasteiger partial charge in [0.05, 0.1) is 0 Å². The summed E-state index contributed by atoms with van der Waals surface area (Å²) in [7, 11) is 0. The molecule has 2 aromatic carbocycles. The molecule has 2 aliphatic rings. The van der Waals surface area contributed by atoms with Crippen LogP contribution in [0.3, 0.4) is 0 Å². The maximum atomic E-state index is 11.5. The van der Waals surface area contributed by atoms with E-state index in [4.69, 9.17) is 4.74 Å². The fraction of sp³-hybridized carbons (Fsp3) is 0.483. The van der Waals surface area contributed by atoms with Crippen molar-refractivity contribution in [3.05, 3.63) is 78.4 Å². The normalized spacial score (nSPS) is 24.0. The number of benzene rings is 2. The van der Waals surface area contributed by atoms with Gasteiger partial charge >= 0.3 is 0 Å². The van der Waals surface area contributed by atoms with Crippen molar-refractivity contribution in [3.63, 3.8) is 0 Å². The monoisotopic (exact) mass is 420 g/mol. The van der Waals surface area contributed by atoms with Gasteiger partial charge in [0, 0.05) is 11.5 Å². The minimum Gasteiger partial charge on any atom is -0.485 e. The van der Waals surface area contributed by atoms with E-state index >= 15 is 0 Å². The summed E-state index contributed by atoms with van der Waals surface area (Å²) in [4.78, 5) is 11.5. The molecule has 0 N–H and O–H groups in total. The minimum absolute atomic E-state index is 0.0957. The lowest BCUT2D eigenvalue weighted by Gasteiger charge is -2.35. The quantitative estimate of drug-likeness (QED) is 0.360. The number of ketones is 1. The smallest absolute Gasteiger partial charge is 0.159 e. The zero-order chi connectivity index (χ0) is 22.8. The van der Waals surface area contributed by atoms with E-state index in [-0.39, 0.29) is 11.9 Å². The van der Waals surface area contributed by atoms with Gasteiger partial charge in [-0.2, -0.15) is 0 Å². The zero-order valence-corrected chi connectivity index (χ0v) is 19.9. The Labute approximate surface area is 189 Å². The molecule has 0 aromatic heterocycles. The van der Waals surface area contributed by atoms with E-state index in [1.807, 2.05) is 38.1 Å². The lowest BCUT2D eigenvalue weighted by atomic mass is 9.73. The van der Waals surface area contributed by atoms with E-state index in [2.05, 4.69) is 44.3 Å². The van der Waals surface area contributed by atoms with E-state index in [1.165, 1.54) is 43.2 Å². The van der Waals surface area contributed by atoms with Crippen LogP contribution < -0.4 is 4.74 Å². The Morgan fingerprint density at radius 3 is 2.16 bits per heavy atom. The summed E-state index contributed by atoms with van der Waals surface area (Å²) >= 11 is 0. The molecule has 2 nitrogen and oxygen atoms in total. The van der Waals surface area contributed by atoms with Gasteiger partial charge in [0.15, 0.2) is 5.78 Å². The Bertz CT molecular complexity index is 800. The standard InChI is InChI=1S/C25H30O2.C2H6.C2H4/c1-3-18-8-10-20(11-9-18)24-16-21-6-4-5-7-23(21)25(24)27-22-14-12-19(13-15-22)17(2)26;2*1-2/h4-7,12-15,18,20,24-25H,3,8-11,16H2,1-2H3;1-2H3;1-2H2/t18?,20?,24-,25+;;/m0../s1. The summed E-state index contributed by atoms with van der Waals surface area (Å²) in [5.74, 6) is 3.20. The molecule has 2 aromatic rings. The van der Waals surface area contributed by atoms with Crippen molar-refractivity contribution >= 4 is 5.78 Å². The van der Waals surface area contributed by atoms with Gasteiger partial charge in [0.1, 0.15) is 11.9 Å². The highest BCUT2D eigenvalue weighted by Crippen LogP contribution is 2.47. The first-order chi connectivity index (χ1) is 15.2. The fourth-order valence-electron chi connectivity index (χ4n) is 5.09. The summed E-state index contributed by atoms with van der Waals surface area (Å²) < 4.78 is 6.54. The number of Topliss-reactive ketones (excluding diaryl/α,β-unsaturated/α-hetero) is 1. The fourth-order valence-corrected chi connectivity index (χ4v) is 5.09. The Kier molecular flexibility index (Phi) is 10.0. The van der Waals surface area contributed by atoms with Gasteiger partial charge in [0.2, 0.25) is 0 Å². The highest BCUT2D eigenvalue weighted by Gasteiger charge is 2.40. The number of hydrogen-bond donors (Lipinski definition) is 0. The summed E-state index contributed by atoms with van der Waals surface area (Å²) in [5, 5.41) is 0. The second-order valence-electron chi connectivity index (χ2n) is 8.37. The van der Waals surface area contributed by atoms with Crippen molar-refractivity contribution in [2.75, 3.05) is 0 Å². The Morgan fingerprint density at radius 1 is 0.968 bits per heavy atom. The molecule has 0 radical (unpaired) electrons. The molecule has 2 atom stereocenters. The molecule has 2 aliphatic carbocycles. The van der Waals surface area contributed by atoms with Gasteiger partial charge in [-0.1, -0.05) is 64.3 Å². The number of carbonyl (C=O) groups is 1. The van der Waals surface area contributed by atoms with E-state index < -0.39 is 0 Å². The maximum absolute atomic E-state index is 11.5. The van der Waals surface area contributed by atoms with Crippen LogP contribution in [0.15, 0.2) is 61.7 Å². The summed E-state index contributed by atoms with van der Waals surface area (Å²) in [6.45, 7) is 13.9. The molecule has 0 heterocycles. The van der Waals surface area contributed by atoms with Crippen molar-refractivity contribution in [1.29, 1.82) is 0 Å². The molecule has 0 aliphatic heterocycles. The lowest BCUT2D eigenvalue weighted by Crippen LogP contribution is -2.27. The molecule has 1 fully saturated rings. The average Bonchev–Trinajstić information content (AvgIpc) is 3.20. The molecule has 4 rings (SSSR count). The molecule has 31 heavy (non-hydrogen) atoms. The van der Waals surface area contributed by atoms with Crippen LogP contribution in [0.5, 0.6) is 5.75 Å². The van der Waals surface area contributed by atoms with Crippen LogP contribution in [0.25, 0.3) is 0 Å². The predicted molar refractivity (Wildman–Crippen MR) is 132 cm³/mol. The second-order valence-corrected chi connectivity index (χ2v) is 8.37. The molecule has 0 saturated heterocycles. The zero-order valence-electron chi connectivity index (χ0n) is 19.9. The minimum atomic E-state index is 0.0957. The maximum Gasteiger partial charge on any atom is 0.159 e. The third kappa shape index (κ3) is 6.09. The van der Waals surface area contributed by atoms with Gasteiger partial charge < -0.3 is 4.74 Å². The van der Waals surface area contributed by atoms with Crippen LogP contribution in [-0.2, 0) is 6.42 Å². The molecular formula is C29H40O2. The Hall–Kier alpha value is -2.35. The molecule has 2 heteroatoms. The number of ether oxygens (including phenoxy) is 1. The van der Waals surface area contributed by atoms with E-state index in [0.717, 1.165) is 29.6 Å². The van der Waals surface area contributed by atoms with Crippen molar-refractivity contribution in [2.45, 2.75) is 72.3 Å². The molecule has 0 spiro atoms. The highest BCUT2D eigenvalue weighted by molar-refractivity contribution is 5.94. The lowest BCUT2D eigenvalue weighted by molar-refractivity contribution is 0.0827. The average molecular weight is 421 g/mol. The third-order valence-electron chi connectivity index (χ3n) is 6.80. The van der Waals surface area contributed by atoms with E-state index in [0.29, 0.717) is 5.92 Å². The number of carbonyl (C=O) groups excluding carboxylic acids is 1. The van der Waals surface area contributed by atoms with Crippen LogP contribution in [0.2, 0.25) is 0 Å². The molecular weight excluding hydrogens is 380 g/mol. The van der Waals surface area contributed by atoms with Crippen LogP contribution in [0, 0.1) is 17.8 Å². The second kappa shape index (κ2) is 12.5. The first kappa shape index (κ1) is 24.9. The van der Waals surface area contributed by atoms with Gasteiger partial charge in [-0.25, -0.2) is 0 Å². The predicted octanol–water partition coefficient (Wildman–Crippen LogP) is 8.23. The van der Waals surface area contributed by atoms with Crippen molar-refractivity contribution < 1.29 is 9.53 Å². The topological polar surface area (TPSA) is 26.3 Å². The van der Waals surface area contributed by atoms with E-state index in [9.17, 15) is 4.79 Å². The first-order valence-electron chi connectivity index (χ1n) is 12.0. The van der Waals surface area contributed by atoms with Crippen LogP contribution in [0.4, 0.5) is 0 Å². The Balaban J connectivity index is 0.000000807. The van der Waals surface area contributed by atoms with Crippen molar-refractivity contribution in [3.8, 4) is 5.75 Å². The molecule has 1 saturated carbocycles. The molecule has 0 amide bonds. The van der Waals surface area contributed by atoms with Crippen molar-refractivity contribution in [2.24, 2.45) is 17.8 Å². The van der Waals surface area contributed by atoms with Crippen LogP contribution >= 0.6 is 0 Å². The van der Waals surface area contributed by atoms with Crippen LogP contribution in [0.1, 0.15) is 87.4 Å². The third-order valence-corrected chi connectivity index (χ3v) is 6.80. The van der Waals surface area contributed by atoms with Crippen molar-refractivity contribution in [1.82, 2.24) is 0 Å². The molecule has 168 valence electrons. The summed E-state index contributed by atoms with van der Waals surface area (Å²) in [6.07, 6.45) is 7.99. The number of hydrogen-bond acceptors (Lipinski definition) is 2. The number of fused-ring (bicyclic) bond motifs is 1. The number of rotatable bonds is 5. The summed E-state index contributed by atoms with van der Waals surface area (Å²) in [6, 6.07) is 16.4. The summed E-state index contributed by atoms with van der Waals surface area (Å²) in [5.41, 5.74) is 3.55. The van der Waals surface area contributed by atoms with E-state index in [1.54, 1.807) is 6.92 Å². The van der Waals surface area contributed by atoms with Gasteiger partial charge in [-0.15, -0.1) is 13.2 Å². The Morgan fingerprint density at radius 2 is 1.58 bits per heavy atom. The first-order valence-corrected chi connectivity index (χ1v) is 12.0. The highest BCUT2D eigenvalue weighted by atomic mass is 16.5. The SMILES string of the molecule is C=C.CC.CCC1CCC([C@@H]2Cc3ccccc3[C@H]2Oc2ccc(C(C)=O)cc2)CC1. The van der Waals surface area contributed by atoms with Gasteiger partial charge in [-0.05, 0) is 73.4 Å². The largest absolute Gasteiger partial charge is 0.485 e. The molecule has 0 unspecified atom stereocenters. The van der Waals surface area contributed by atoms with Gasteiger partial charge in [-0.3, -0.25) is 4.79 Å². The molecule has 0 bridgehead atoms.